The Morgan fingerprint density at radius 2 is 1.78 bits per heavy atom. The fourth-order valence-corrected chi connectivity index (χ4v) is 5.78. The third-order valence-corrected chi connectivity index (χ3v) is 7.79. The van der Waals surface area contributed by atoms with E-state index in [2.05, 4.69) is 86.6 Å². The molecule has 0 saturated heterocycles. The Morgan fingerprint density at radius 1 is 1.09 bits per heavy atom. The third-order valence-electron chi connectivity index (χ3n) is 3.77. The second-order valence-corrected chi connectivity index (χ2v) is 8.59. The zero-order valence-corrected chi connectivity index (χ0v) is 15.5. The van der Waals surface area contributed by atoms with Gasteiger partial charge in [-0.25, -0.2) is 0 Å². The minimum Gasteiger partial charge on any atom is -0.0989 e. The van der Waals surface area contributed by atoms with Crippen LogP contribution in [0.2, 0.25) is 0 Å². The maximum absolute atomic E-state index is 4.03. The van der Waals surface area contributed by atoms with Crippen LogP contribution in [-0.4, -0.2) is 6.66 Å². The van der Waals surface area contributed by atoms with Crippen LogP contribution in [0.4, 0.5) is 0 Å². The maximum atomic E-state index is 4.03. The first-order valence-corrected chi connectivity index (χ1v) is 10.4. The molecular weight excluding hydrogens is 295 g/mol. The number of rotatable bonds is 5. The smallest absolute Gasteiger partial charge is 0.0989 e. The van der Waals surface area contributed by atoms with Crippen molar-refractivity contribution >= 4 is 12.6 Å². The molecule has 23 heavy (non-hydrogen) atoms. The van der Waals surface area contributed by atoms with E-state index in [9.17, 15) is 0 Å². The molecule has 0 bridgehead atoms. The molecule has 120 valence electrons. The summed E-state index contributed by atoms with van der Waals surface area (Å²) in [6, 6.07) is 10.7. The van der Waals surface area contributed by atoms with Crippen molar-refractivity contribution in [3.8, 4) is 0 Å². The van der Waals surface area contributed by atoms with Gasteiger partial charge in [0, 0.05) is 0 Å². The zero-order valence-electron chi connectivity index (χ0n) is 14.6. The van der Waals surface area contributed by atoms with E-state index < -0.39 is 7.26 Å². The molecule has 1 aromatic carbocycles. The van der Waals surface area contributed by atoms with Gasteiger partial charge in [0.05, 0.1) is 6.66 Å². The van der Waals surface area contributed by atoms with Crippen LogP contribution in [0, 0.1) is 0 Å². The average molecular weight is 323 g/mol. The van der Waals surface area contributed by atoms with Gasteiger partial charge in [0.25, 0.3) is 0 Å². The lowest BCUT2D eigenvalue weighted by atomic mass is 10.4. The van der Waals surface area contributed by atoms with Crippen molar-refractivity contribution in [1.29, 1.82) is 0 Å². The summed E-state index contributed by atoms with van der Waals surface area (Å²) in [6.07, 6.45) is 18.0. The van der Waals surface area contributed by atoms with Gasteiger partial charge in [0.1, 0.15) is 23.2 Å². The topological polar surface area (TPSA) is 0 Å². The number of hydrogen-bond donors (Lipinski definition) is 0. The number of allylic oxidation sites excluding steroid dienone is 10. The van der Waals surface area contributed by atoms with Crippen LogP contribution in [-0.2, 0) is 0 Å². The van der Waals surface area contributed by atoms with Crippen molar-refractivity contribution in [1.82, 2.24) is 0 Å². The molecule has 0 aromatic heterocycles. The molecule has 0 spiro atoms. The van der Waals surface area contributed by atoms with E-state index in [1.54, 1.807) is 0 Å². The van der Waals surface area contributed by atoms with Crippen molar-refractivity contribution in [3.63, 3.8) is 0 Å². The summed E-state index contributed by atoms with van der Waals surface area (Å²) in [5, 5.41) is 3.99. The molecule has 0 saturated carbocycles. The molecule has 1 heteroatoms. The highest BCUT2D eigenvalue weighted by molar-refractivity contribution is 7.89. The molecule has 1 aromatic rings. The van der Waals surface area contributed by atoms with E-state index >= 15 is 0 Å². The predicted octanol–water partition coefficient (Wildman–Crippen LogP) is 6.64. The van der Waals surface area contributed by atoms with Gasteiger partial charge in [-0.05, 0) is 42.9 Å². The molecule has 2 rings (SSSR count). The summed E-state index contributed by atoms with van der Waals surface area (Å²) in [5.41, 5.74) is 0. The minimum absolute atomic E-state index is 0.989. The van der Waals surface area contributed by atoms with E-state index in [1.165, 1.54) is 15.9 Å². The summed E-state index contributed by atoms with van der Waals surface area (Å²) in [7, 11) is -1.66. The molecule has 0 N–H and O–H groups in total. The Bertz CT molecular complexity index is 629. The van der Waals surface area contributed by atoms with Crippen molar-refractivity contribution < 1.29 is 0 Å². The van der Waals surface area contributed by atoms with Gasteiger partial charge < -0.3 is 0 Å². The lowest BCUT2D eigenvalue weighted by molar-refractivity contribution is 1.40. The second kappa shape index (κ2) is 9.98. The molecule has 1 unspecified atom stereocenters. The molecule has 0 radical (unpaired) electrons. The molecule has 1 atom stereocenters. The highest BCUT2D eigenvalue weighted by atomic mass is 31.2. The average Bonchev–Trinajstić information content (AvgIpc) is 2.91. The van der Waals surface area contributed by atoms with Crippen molar-refractivity contribution in [3.05, 3.63) is 103 Å². The lowest BCUT2D eigenvalue weighted by Crippen LogP contribution is -2.12. The van der Waals surface area contributed by atoms with Crippen LogP contribution in [0.1, 0.15) is 20.3 Å². The second-order valence-electron chi connectivity index (χ2n) is 5.03. The highest BCUT2D eigenvalue weighted by Gasteiger charge is 2.41. The normalized spacial score (nSPS) is 16.3. The van der Waals surface area contributed by atoms with Crippen molar-refractivity contribution in [2.45, 2.75) is 20.3 Å². The molecule has 1 aliphatic rings. The van der Waals surface area contributed by atoms with Gasteiger partial charge in [-0.15, -0.1) is 0 Å². The molecular formula is C22H28P+. The Hall–Kier alpha value is -1.91. The summed E-state index contributed by atoms with van der Waals surface area (Å²) >= 11 is 0. The van der Waals surface area contributed by atoms with Crippen LogP contribution in [0.5, 0.6) is 0 Å². The van der Waals surface area contributed by atoms with Gasteiger partial charge in [-0.3, -0.25) is 0 Å². The van der Waals surface area contributed by atoms with Gasteiger partial charge in [-0.1, -0.05) is 69.5 Å². The van der Waals surface area contributed by atoms with Gasteiger partial charge in [0.15, 0.2) is 0 Å². The molecule has 0 fully saturated rings. The van der Waals surface area contributed by atoms with Crippen LogP contribution in [0.15, 0.2) is 103 Å². The van der Waals surface area contributed by atoms with Crippen molar-refractivity contribution in [2.24, 2.45) is 0 Å². The van der Waals surface area contributed by atoms with E-state index in [4.69, 9.17) is 0 Å². The van der Waals surface area contributed by atoms with E-state index in [1.807, 2.05) is 26.0 Å². The lowest BCUT2D eigenvalue weighted by Gasteiger charge is -2.24. The summed E-state index contributed by atoms with van der Waals surface area (Å²) in [4.78, 5) is 0. The quantitative estimate of drug-likeness (QED) is 0.421. The van der Waals surface area contributed by atoms with Gasteiger partial charge in [0.2, 0.25) is 0 Å². The molecule has 0 nitrogen and oxygen atoms in total. The van der Waals surface area contributed by atoms with Crippen molar-refractivity contribution in [2.75, 3.05) is 6.66 Å². The first-order valence-electron chi connectivity index (χ1n) is 8.15. The molecule has 1 aliphatic carbocycles. The van der Waals surface area contributed by atoms with Crippen LogP contribution < -0.4 is 5.30 Å². The first-order chi connectivity index (χ1) is 11.2. The zero-order chi connectivity index (χ0) is 17.1. The Labute approximate surface area is 142 Å². The molecule has 0 heterocycles. The Balaban J connectivity index is 0.00000127. The third kappa shape index (κ3) is 4.53. The highest BCUT2D eigenvalue weighted by Crippen LogP contribution is 2.68. The van der Waals surface area contributed by atoms with Crippen LogP contribution >= 0.6 is 7.26 Å². The van der Waals surface area contributed by atoms with Crippen LogP contribution in [0.3, 0.4) is 0 Å². The van der Waals surface area contributed by atoms with Gasteiger partial charge >= 0.3 is 0 Å². The Morgan fingerprint density at radius 3 is 2.39 bits per heavy atom. The maximum Gasteiger partial charge on any atom is 0.109 e. The molecule has 0 amide bonds. The SMILES string of the molecule is C=C/C=C(\C=C)[P+](C)(C1=CC=CCC=C1)c1ccccc1.CC. The predicted molar refractivity (Wildman–Crippen MR) is 110 cm³/mol. The van der Waals surface area contributed by atoms with Crippen LogP contribution in [0.25, 0.3) is 0 Å². The largest absolute Gasteiger partial charge is 0.109 e. The van der Waals surface area contributed by atoms with E-state index in [0.717, 1.165) is 6.42 Å². The number of hydrogen-bond acceptors (Lipinski definition) is 0. The standard InChI is InChI=1S/C20H22P.C2H6/c1-4-13-18(5-2)21(3,20-16-11-8-12-17-20)19-14-9-6-7-10-15-19;1-2/h4-6,8-17H,1-2,7H2,3H3;1-2H3/q+1;/b18-13+;. The monoisotopic (exact) mass is 323 g/mol. The Kier molecular flexibility index (Phi) is 8.30. The number of benzene rings is 1. The summed E-state index contributed by atoms with van der Waals surface area (Å²) < 4.78 is 0. The van der Waals surface area contributed by atoms with E-state index in [0.29, 0.717) is 0 Å². The minimum atomic E-state index is -1.66. The van der Waals surface area contributed by atoms with E-state index in [-0.39, 0.29) is 0 Å². The summed E-state index contributed by atoms with van der Waals surface area (Å²) in [5.74, 6) is 0. The first kappa shape index (κ1) is 19.1. The van der Waals surface area contributed by atoms with Gasteiger partial charge in [-0.2, -0.15) is 0 Å². The fourth-order valence-electron chi connectivity index (χ4n) is 2.56. The fraction of sp³-hybridized carbons (Fsp3) is 0.182. The molecule has 0 aliphatic heterocycles. The summed E-state index contributed by atoms with van der Waals surface area (Å²) in [6.45, 7) is 14.2.